The summed E-state index contributed by atoms with van der Waals surface area (Å²) in [6, 6.07) is 6.48. The number of fused-ring (bicyclic) bond motifs is 1. The first-order valence-corrected chi connectivity index (χ1v) is 5.84. The predicted molar refractivity (Wildman–Crippen MR) is 67.6 cm³/mol. The molecule has 2 rings (SSSR count). The van der Waals surface area contributed by atoms with E-state index in [1.54, 1.807) is 0 Å². The molecule has 16 heavy (non-hydrogen) atoms. The van der Waals surface area contributed by atoms with E-state index in [4.69, 9.17) is 6.57 Å². The van der Waals surface area contributed by atoms with E-state index in [2.05, 4.69) is 42.2 Å². The molecule has 1 heterocycles. The predicted octanol–water partition coefficient (Wildman–Crippen LogP) is 3.76. The molecule has 0 spiro atoms. The molecule has 1 unspecified atom stereocenters. The molecular formula is C14H18N2. The van der Waals surface area contributed by atoms with Crippen molar-refractivity contribution in [2.45, 2.75) is 38.6 Å². The molecule has 1 N–H and O–H groups in total. The van der Waals surface area contributed by atoms with E-state index in [-0.39, 0.29) is 5.54 Å². The summed E-state index contributed by atoms with van der Waals surface area (Å²) in [5.41, 5.74) is 3.28. The number of nitrogens with one attached hydrogen (secondary N) is 1. The van der Waals surface area contributed by atoms with Gasteiger partial charge in [0.25, 0.3) is 5.54 Å². The van der Waals surface area contributed by atoms with Crippen LogP contribution in [0.2, 0.25) is 0 Å². The van der Waals surface area contributed by atoms with E-state index in [1.165, 1.54) is 11.1 Å². The van der Waals surface area contributed by atoms with Gasteiger partial charge in [-0.1, -0.05) is 19.9 Å². The average molecular weight is 214 g/mol. The Kier molecular flexibility index (Phi) is 2.63. The molecule has 0 aromatic heterocycles. The Labute approximate surface area is 97.5 Å². The fourth-order valence-electron chi connectivity index (χ4n) is 2.21. The topological polar surface area (TPSA) is 16.4 Å². The third-order valence-electron chi connectivity index (χ3n) is 3.46. The molecule has 2 heteroatoms. The Bertz CT molecular complexity index is 443. The van der Waals surface area contributed by atoms with E-state index in [9.17, 15) is 0 Å². The highest BCUT2D eigenvalue weighted by Gasteiger charge is 2.38. The van der Waals surface area contributed by atoms with Gasteiger partial charge in [-0.3, -0.25) is 0 Å². The van der Waals surface area contributed by atoms with Crippen LogP contribution in [-0.4, -0.2) is 6.54 Å². The normalized spacial score (nSPS) is 23.4. The number of hydrogen-bond donors (Lipinski definition) is 1. The van der Waals surface area contributed by atoms with Gasteiger partial charge in [-0.25, -0.2) is 6.57 Å². The van der Waals surface area contributed by atoms with Crippen LogP contribution in [0, 0.1) is 6.57 Å². The molecule has 1 aliphatic heterocycles. The summed E-state index contributed by atoms with van der Waals surface area (Å²) in [6.45, 7) is 14.7. The van der Waals surface area contributed by atoms with Crippen molar-refractivity contribution in [1.29, 1.82) is 0 Å². The maximum atomic E-state index is 7.40. The Morgan fingerprint density at radius 3 is 2.81 bits per heavy atom. The Hall–Kier alpha value is -1.49. The second-order valence-corrected chi connectivity index (χ2v) is 5.02. The zero-order valence-electron chi connectivity index (χ0n) is 10.2. The summed E-state index contributed by atoms with van der Waals surface area (Å²) in [5, 5.41) is 3.37. The van der Waals surface area contributed by atoms with E-state index < -0.39 is 0 Å². The minimum absolute atomic E-state index is 0.342. The molecule has 0 fully saturated rings. The average Bonchev–Trinajstić information content (AvgIpc) is 2.29. The lowest BCUT2D eigenvalue weighted by atomic mass is 9.83. The molecule has 2 nitrogen and oxygen atoms in total. The summed E-state index contributed by atoms with van der Waals surface area (Å²) in [6.07, 6.45) is 0.894. The number of benzene rings is 1. The maximum absolute atomic E-state index is 7.40. The highest BCUT2D eigenvalue weighted by Crippen LogP contribution is 2.39. The van der Waals surface area contributed by atoms with E-state index >= 15 is 0 Å². The molecule has 1 aromatic rings. The van der Waals surface area contributed by atoms with Crippen LogP contribution >= 0.6 is 0 Å². The second kappa shape index (κ2) is 3.83. The second-order valence-electron chi connectivity index (χ2n) is 5.02. The molecule has 0 amide bonds. The maximum Gasteiger partial charge on any atom is 0.258 e. The summed E-state index contributed by atoms with van der Waals surface area (Å²) < 4.78 is 0. The van der Waals surface area contributed by atoms with Crippen LogP contribution in [0.5, 0.6) is 0 Å². The van der Waals surface area contributed by atoms with Crippen molar-refractivity contribution in [3.63, 3.8) is 0 Å². The lowest BCUT2D eigenvalue weighted by molar-refractivity contribution is 0.536. The first-order chi connectivity index (χ1) is 7.57. The Morgan fingerprint density at radius 1 is 1.44 bits per heavy atom. The zero-order chi connectivity index (χ0) is 11.8. The third-order valence-corrected chi connectivity index (χ3v) is 3.46. The fraction of sp³-hybridized carbons (Fsp3) is 0.500. The van der Waals surface area contributed by atoms with Gasteiger partial charge in [0.15, 0.2) is 0 Å². The van der Waals surface area contributed by atoms with Gasteiger partial charge in [0.05, 0.1) is 5.56 Å². The number of hydrogen-bond acceptors (Lipinski definition) is 1. The minimum Gasteiger partial charge on any atom is -0.384 e. The molecular weight excluding hydrogens is 196 g/mol. The molecule has 1 atom stereocenters. The first-order valence-electron chi connectivity index (χ1n) is 5.84. The van der Waals surface area contributed by atoms with Gasteiger partial charge in [0.1, 0.15) is 0 Å². The van der Waals surface area contributed by atoms with Crippen LogP contribution in [-0.2, 0) is 5.54 Å². The highest BCUT2D eigenvalue weighted by molar-refractivity contribution is 5.59. The third kappa shape index (κ3) is 1.67. The van der Waals surface area contributed by atoms with Crippen molar-refractivity contribution in [2.24, 2.45) is 0 Å². The van der Waals surface area contributed by atoms with Crippen molar-refractivity contribution >= 4 is 5.69 Å². The minimum atomic E-state index is -0.342. The summed E-state index contributed by atoms with van der Waals surface area (Å²) in [5.74, 6) is 0.516. The quantitative estimate of drug-likeness (QED) is 0.704. The summed E-state index contributed by atoms with van der Waals surface area (Å²) in [7, 11) is 0. The van der Waals surface area contributed by atoms with Crippen molar-refractivity contribution in [1.82, 2.24) is 0 Å². The lowest BCUT2D eigenvalue weighted by Gasteiger charge is -2.27. The van der Waals surface area contributed by atoms with Gasteiger partial charge in [-0.05, 0) is 23.6 Å². The first kappa shape index (κ1) is 11.0. The van der Waals surface area contributed by atoms with Crippen LogP contribution in [0.3, 0.4) is 0 Å². The fourth-order valence-corrected chi connectivity index (χ4v) is 2.21. The number of nitrogens with zero attached hydrogens (tertiary/aromatic N) is 1. The standard InChI is InChI=1S/C14H18N2/c1-10(2)11-5-6-13-12(9-11)14(3,15-4)7-8-16-13/h5-6,9-10,16H,7-8H2,1-3H3. The molecule has 84 valence electrons. The van der Waals surface area contributed by atoms with Crippen LogP contribution < -0.4 is 5.32 Å². The van der Waals surface area contributed by atoms with Crippen LogP contribution in [0.15, 0.2) is 18.2 Å². The molecule has 0 radical (unpaired) electrons. The van der Waals surface area contributed by atoms with Gasteiger partial charge >= 0.3 is 0 Å². The molecule has 1 aliphatic rings. The van der Waals surface area contributed by atoms with Crippen LogP contribution in [0.25, 0.3) is 4.85 Å². The van der Waals surface area contributed by atoms with E-state index in [0.29, 0.717) is 5.92 Å². The molecule has 0 saturated carbocycles. The van der Waals surface area contributed by atoms with Crippen LogP contribution in [0.1, 0.15) is 44.2 Å². The lowest BCUT2D eigenvalue weighted by Crippen LogP contribution is -2.28. The monoisotopic (exact) mass is 214 g/mol. The largest absolute Gasteiger partial charge is 0.384 e. The molecule has 0 saturated heterocycles. The Morgan fingerprint density at radius 2 is 2.19 bits per heavy atom. The van der Waals surface area contributed by atoms with Gasteiger partial charge in [-0.15, -0.1) is 0 Å². The van der Waals surface area contributed by atoms with Crippen molar-refractivity contribution < 1.29 is 0 Å². The summed E-state index contributed by atoms with van der Waals surface area (Å²) >= 11 is 0. The highest BCUT2D eigenvalue weighted by atomic mass is 14.9. The summed E-state index contributed by atoms with van der Waals surface area (Å²) in [4.78, 5) is 3.83. The zero-order valence-corrected chi connectivity index (χ0v) is 10.2. The molecule has 0 aliphatic carbocycles. The molecule has 0 bridgehead atoms. The van der Waals surface area contributed by atoms with Gasteiger partial charge < -0.3 is 10.2 Å². The Balaban J connectivity index is 2.54. The number of anilines is 1. The smallest absolute Gasteiger partial charge is 0.258 e. The van der Waals surface area contributed by atoms with Gasteiger partial charge in [0, 0.05) is 25.6 Å². The van der Waals surface area contributed by atoms with Gasteiger partial charge in [0.2, 0.25) is 0 Å². The number of rotatable bonds is 1. The van der Waals surface area contributed by atoms with E-state index in [0.717, 1.165) is 18.7 Å². The van der Waals surface area contributed by atoms with Crippen molar-refractivity contribution in [3.8, 4) is 0 Å². The van der Waals surface area contributed by atoms with Gasteiger partial charge in [-0.2, -0.15) is 0 Å². The van der Waals surface area contributed by atoms with Crippen molar-refractivity contribution in [3.05, 3.63) is 40.7 Å². The van der Waals surface area contributed by atoms with Crippen molar-refractivity contribution in [2.75, 3.05) is 11.9 Å². The van der Waals surface area contributed by atoms with Crippen LogP contribution in [0.4, 0.5) is 5.69 Å². The molecule has 1 aromatic carbocycles. The SMILES string of the molecule is [C-]#[N+]C1(C)CCNc2ccc(C(C)C)cc21. The van der Waals surface area contributed by atoms with E-state index in [1.807, 2.05) is 6.92 Å².